The number of nitrogens with two attached hydrogens (primary N) is 2. The van der Waals surface area contributed by atoms with E-state index in [1.165, 1.54) is 16.7 Å². The molecule has 0 amide bonds. The van der Waals surface area contributed by atoms with Crippen LogP contribution in [0.25, 0.3) is 0 Å². The summed E-state index contributed by atoms with van der Waals surface area (Å²) < 4.78 is 0. The summed E-state index contributed by atoms with van der Waals surface area (Å²) in [7, 11) is 0. The minimum Gasteiger partial charge on any atom is -0.312 e. The molecule has 0 heterocycles. The van der Waals surface area contributed by atoms with Gasteiger partial charge in [-0.15, -0.1) is 0 Å². The van der Waals surface area contributed by atoms with E-state index in [2.05, 4.69) is 19.1 Å². The molecule has 0 aliphatic carbocycles. The van der Waals surface area contributed by atoms with E-state index >= 15 is 0 Å². The van der Waals surface area contributed by atoms with Crippen LogP contribution in [0.1, 0.15) is 28.4 Å². The first kappa shape index (κ1) is 9.23. The molecule has 12 heavy (non-hydrogen) atoms. The maximum atomic E-state index is 5.64. The summed E-state index contributed by atoms with van der Waals surface area (Å²) in [6.07, 6.45) is -0.356. The molecule has 1 aromatic carbocycles. The zero-order valence-corrected chi connectivity index (χ0v) is 7.89. The molecule has 0 bridgehead atoms. The van der Waals surface area contributed by atoms with Crippen LogP contribution < -0.4 is 11.5 Å². The lowest BCUT2D eigenvalue weighted by molar-refractivity contribution is 0.759. The second-order valence-corrected chi connectivity index (χ2v) is 3.34. The van der Waals surface area contributed by atoms with Crippen molar-refractivity contribution in [3.63, 3.8) is 0 Å². The Labute approximate surface area is 73.6 Å². The molecule has 1 rings (SSSR count). The highest BCUT2D eigenvalue weighted by Gasteiger charge is 2.07. The number of rotatable bonds is 1. The standard InChI is InChI=1S/C10H16N2/c1-6-4-7(2)9(10(11)12)8(3)5-6/h4-5,10H,11-12H2,1-3H3. The van der Waals surface area contributed by atoms with Gasteiger partial charge in [0, 0.05) is 0 Å². The van der Waals surface area contributed by atoms with Crippen molar-refractivity contribution in [2.24, 2.45) is 11.5 Å². The first-order chi connectivity index (χ1) is 5.52. The van der Waals surface area contributed by atoms with Crippen LogP contribution in [0.4, 0.5) is 0 Å². The largest absolute Gasteiger partial charge is 0.312 e. The molecule has 2 heteroatoms. The second-order valence-electron chi connectivity index (χ2n) is 3.34. The lowest BCUT2D eigenvalue weighted by Crippen LogP contribution is -2.22. The van der Waals surface area contributed by atoms with E-state index in [1.807, 2.05) is 13.8 Å². The highest BCUT2D eigenvalue weighted by atomic mass is 14.8. The van der Waals surface area contributed by atoms with Crippen LogP contribution >= 0.6 is 0 Å². The average Bonchev–Trinajstić information content (AvgIpc) is 1.82. The zero-order valence-electron chi connectivity index (χ0n) is 7.89. The molecule has 66 valence electrons. The Morgan fingerprint density at radius 3 is 1.75 bits per heavy atom. The van der Waals surface area contributed by atoms with Gasteiger partial charge in [-0.05, 0) is 37.5 Å². The van der Waals surface area contributed by atoms with Crippen molar-refractivity contribution in [2.45, 2.75) is 26.9 Å². The van der Waals surface area contributed by atoms with Gasteiger partial charge in [0.2, 0.25) is 0 Å². The molecule has 0 spiro atoms. The predicted molar refractivity (Wildman–Crippen MR) is 51.8 cm³/mol. The van der Waals surface area contributed by atoms with E-state index in [0.717, 1.165) is 5.56 Å². The average molecular weight is 164 g/mol. The maximum absolute atomic E-state index is 5.64. The van der Waals surface area contributed by atoms with Crippen LogP contribution in [-0.2, 0) is 0 Å². The molecule has 0 atom stereocenters. The van der Waals surface area contributed by atoms with Crippen molar-refractivity contribution in [1.82, 2.24) is 0 Å². The monoisotopic (exact) mass is 164 g/mol. The summed E-state index contributed by atoms with van der Waals surface area (Å²) in [6.45, 7) is 6.16. The van der Waals surface area contributed by atoms with Crippen LogP contribution in [0.3, 0.4) is 0 Å². The Kier molecular flexibility index (Phi) is 2.50. The van der Waals surface area contributed by atoms with Gasteiger partial charge in [-0.1, -0.05) is 17.7 Å². The van der Waals surface area contributed by atoms with E-state index in [-0.39, 0.29) is 6.17 Å². The minimum absolute atomic E-state index is 0.356. The lowest BCUT2D eigenvalue weighted by atomic mass is 9.98. The molecule has 0 radical (unpaired) electrons. The van der Waals surface area contributed by atoms with Gasteiger partial charge in [0.05, 0.1) is 6.17 Å². The summed E-state index contributed by atoms with van der Waals surface area (Å²) in [5.74, 6) is 0. The van der Waals surface area contributed by atoms with Crippen molar-refractivity contribution in [3.8, 4) is 0 Å². The molecule has 0 fully saturated rings. The van der Waals surface area contributed by atoms with Gasteiger partial charge < -0.3 is 11.5 Å². The Morgan fingerprint density at radius 2 is 1.42 bits per heavy atom. The second kappa shape index (κ2) is 3.25. The molecule has 0 aliphatic heterocycles. The summed E-state index contributed by atoms with van der Waals surface area (Å²) in [5.41, 5.74) is 16.0. The lowest BCUT2D eigenvalue weighted by Gasteiger charge is -2.13. The van der Waals surface area contributed by atoms with Gasteiger partial charge in [0.1, 0.15) is 0 Å². The van der Waals surface area contributed by atoms with Crippen LogP contribution in [-0.4, -0.2) is 0 Å². The number of aryl methyl sites for hydroxylation is 3. The van der Waals surface area contributed by atoms with Gasteiger partial charge in [0.15, 0.2) is 0 Å². The molecule has 4 N–H and O–H groups in total. The molecule has 0 saturated heterocycles. The van der Waals surface area contributed by atoms with Crippen LogP contribution in [0.2, 0.25) is 0 Å². The Morgan fingerprint density at radius 1 is 1.00 bits per heavy atom. The van der Waals surface area contributed by atoms with Crippen molar-refractivity contribution in [2.75, 3.05) is 0 Å². The Bertz CT molecular complexity index is 267. The molecular formula is C10H16N2. The summed E-state index contributed by atoms with van der Waals surface area (Å²) in [4.78, 5) is 0. The fraction of sp³-hybridized carbons (Fsp3) is 0.400. The predicted octanol–water partition coefficient (Wildman–Crippen LogP) is 1.53. The smallest absolute Gasteiger partial charge is 0.0789 e. The molecular weight excluding hydrogens is 148 g/mol. The molecule has 0 aromatic heterocycles. The number of benzene rings is 1. The Balaban J connectivity index is 3.28. The van der Waals surface area contributed by atoms with Crippen molar-refractivity contribution < 1.29 is 0 Å². The zero-order chi connectivity index (χ0) is 9.30. The van der Waals surface area contributed by atoms with Crippen molar-refractivity contribution in [1.29, 1.82) is 0 Å². The third-order valence-electron chi connectivity index (χ3n) is 2.07. The van der Waals surface area contributed by atoms with Gasteiger partial charge in [-0.25, -0.2) is 0 Å². The fourth-order valence-corrected chi connectivity index (χ4v) is 1.72. The number of hydrogen-bond donors (Lipinski definition) is 2. The highest BCUT2D eigenvalue weighted by Crippen LogP contribution is 2.18. The third kappa shape index (κ3) is 1.65. The van der Waals surface area contributed by atoms with Gasteiger partial charge >= 0.3 is 0 Å². The van der Waals surface area contributed by atoms with Crippen molar-refractivity contribution >= 4 is 0 Å². The summed E-state index contributed by atoms with van der Waals surface area (Å²) >= 11 is 0. The number of hydrogen-bond acceptors (Lipinski definition) is 2. The fourth-order valence-electron chi connectivity index (χ4n) is 1.72. The van der Waals surface area contributed by atoms with Crippen LogP contribution in [0, 0.1) is 20.8 Å². The summed E-state index contributed by atoms with van der Waals surface area (Å²) in [5, 5.41) is 0. The van der Waals surface area contributed by atoms with E-state index in [9.17, 15) is 0 Å². The van der Waals surface area contributed by atoms with Crippen LogP contribution in [0.5, 0.6) is 0 Å². The SMILES string of the molecule is Cc1cc(C)c(C(N)N)c(C)c1. The van der Waals surface area contributed by atoms with Crippen molar-refractivity contribution in [3.05, 3.63) is 34.4 Å². The quantitative estimate of drug-likeness (QED) is 0.618. The maximum Gasteiger partial charge on any atom is 0.0789 e. The van der Waals surface area contributed by atoms with Gasteiger partial charge in [-0.2, -0.15) is 0 Å². The highest BCUT2D eigenvalue weighted by molar-refractivity contribution is 5.38. The first-order valence-electron chi connectivity index (χ1n) is 4.11. The molecule has 2 nitrogen and oxygen atoms in total. The minimum atomic E-state index is -0.356. The molecule has 0 unspecified atom stereocenters. The summed E-state index contributed by atoms with van der Waals surface area (Å²) in [6, 6.07) is 4.21. The molecule has 0 saturated carbocycles. The van der Waals surface area contributed by atoms with Gasteiger partial charge in [0.25, 0.3) is 0 Å². The Hall–Kier alpha value is -0.860. The molecule has 0 aliphatic rings. The third-order valence-corrected chi connectivity index (χ3v) is 2.07. The van der Waals surface area contributed by atoms with Gasteiger partial charge in [-0.3, -0.25) is 0 Å². The molecule has 1 aromatic rings. The van der Waals surface area contributed by atoms with E-state index in [0.29, 0.717) is 0 Å². The first-order valence-corrected chi connectivity index (χ1v) is 4.11. The van der Waals surface area contributed by atoms with E-state index in [1.54, 1.807) is 0 Å². The normalized spacial score (nSPS) is 10.8. The topological polar surface area (TPSA) is 52.0 Å². The van der Waals surface area contributed by atoms with Crippen LogP contribution in [0.15, 0.2) is 12.1 Å². The van der Waals surface area contributed by atoms with E-state index in [4.69, 9.17) is 11.5 Å². The van der Waals surface area contributed by atoms with E-state index < -0.39 is 0 Å².